The Bertz CT molecular complexity index is 607. The van der Waals surface area contributed by atoms with Crippen LogP contribution < -0.4 is 5.32 Å². The summed E-state index contributed by atoms with van der Waals surface area (Å²) in [5.41, 5.74) is 1.55. The predicted molar refractivity (Wildman–Crippen MR) is 77.5 cm³/mol. The Labute approximate surface area is 124 Å². The van der Waals surface area contributed by atoms with Crippen LogP contribution in [-0.4, -0.2) is 0 Å². The molecule has 0 aliphatic rings. The van der Waals surface area contributed by atoms with Crippen LogP contribution in [0.2, 0.25) is 4.34 Å². The Hall–Kier alpha value is -1.20. The topological polar surface area (TPSA) is 12.0 Å². The van der Waals surface area contributed by atoms with Crippen molar-refractivity contribution >= 4 is 28.6 Å². The Morgan fingerprint density at radius 1 is 1.25 bits per heavy atom. The van der Waals surface area contributed by atoms with E-state index < -0.39 is 11.7 Å². The van der Waals surface area contributed by atoms with Crippen LogP contribution >= 0.6 is 22.9 Å². The molecule has 1 aromatic heterocycles. The molecule has 0 saturated heterocycles. The van der Waals surface area contributed by atoms with E-state index in [1.54, 1.807) is 6.92 Å². The van der Waals surface area contributed by atoms with Crippen molar-refractivity contribution < 1.29 is 13.2 Å². The van der Waals surface area contributed by atoms with Crippen molar-refractivity contribution in [2.45, 2.75) is 26.1 Å². The number of hydrogen-bond donors (Lipinski definition) is 1. The number of thiophene rings is 1. The molecule has 0 bridgehead atoms. The highest BCUT2D eigenvalue weighted by Gasteiger charge is 2.30. The van der Waals surface area contributed by atoms with E-state index in [0.717, 1.165) is 23.3 Å². The molecule has 1 unspecified atom stereocenters. The van der Waals surface area contributed by atoms with Crippen molar-refractivity contribution in [2.75, 3.05) is 5.32 Å². The van der Waals surface area contributed by atoms with E-state index in [0.29, 0.717) is 10.0 Å². The van der Waals surface area contributed by atoms with Gasteiger partial charge >= 0.3 is 6.18 Å². The second-order valence-corrected chi connectivity index (χ2v) is 6.12. The molecular weight excluding hydrogens is 307 g/mol. The molecule has 0 amide bonds. The monoisotopic (exact) mass is 319 g/mol. The minimum Gasteiger partial charge on any atom is -0.378 e. The number of alkyl halides is 3. The smallest absolute Gasteiger partial charge is 0.378 e. The van der Waals surface area contributed by atoms with Gasteiger partial charge in [-0.05, 0) is 48.6 Å². The van der Waals surface area contributed by atoms with Gasteiger partial charge in [0.2, 0.25) is 0 Å². The van der Waals surface area contributed by atoms with E-state index in [9.17, 15) is 13.2 Å². The number of rotatable bonds is 3. The Morgan fingerprint density at radius 2 is 1.95 bits per heavy atom. The van der Waals surface area contributed by atoms with Gasteiger partial charge in [-0.25, -0.2) is 0 Å². The first-order valence-corrected chi connectivity index (χ1v) is 7.21. The zero-order valence-corrected chi connectivity index (χ0v) is 12.5. The third-order valence-corrected chi connectivity index (χ3v) is 4.13. The number of anilines is 1. The molecule has 2 rings (SSSR count). The fourth-order valence-electron chi connectivity index (χ4n) is 1.82. The van der Waals surface area contributed by atoms with Crippen molar-refractivity contribution in [2.24, 2.45) is 0 Å². The van der Waals surface area contributed by atoms with Crippen LogP contribution in [0.3, 0.4) is 0 Å². The van der Waals surface area contributed by atoms with Gasteiger partial charge in [-0.3, -0.25) is 0 Å². The van der Waals surface area contributed by atoms with Gasteiger partial charge < -0.3 is 5.32 Å². The van der Waals surface area contributed by atoms with Crippen molar-refractivity contribution in [3.8, 4) is 0 Å². The molecule has 0 spiro atoms. The maximum absolute atomic E-state index is 12.7. The highest BCUT2D eigenvalue weighted by atomic mass is 35.5. The molecule has 1 aromatic carbocycles. The Morgan fingerprint density at radius 3 is 2.50 bits per heavy atom. The van der Waals surface area contributed by atoms with Gasteiger partial charge in [0, 0.05) is 11.7 Å². The second-order valence-electron chi connectivity index (χ2n) is 4.58. The Kier molecular flexibility index (Phi) is 4.30. The maximum Gasteiger partial charge on any atom is 0.416 e. The summed E-state index contributed by atoms with van der Waals surface area (Å²) >= 11 is 7.27. The zero-order valence-electron chi connectivity index (χ0n) is 10.9. The van der Waals surface area contributed by atoms with E-state index in [1.807, 2.05) is 18.4 Å². The van der Waals surface area contributed by atoms with Crippen molar-refractivity contribution in [3.05, 3.63) is 50.7 Å². The molecule has 1 heterocycles. The number of nitrogens with one attached hydrogen (secondary N) is 1. The summed E-state index contributed by atoms with van der Waals surface area (Å²) in [6, 6.07) is 5.40. The summed E-state index contributed by atoms with van der Waals surface area (Å²) < 4.78 is 38.8. The van der Waals surface area contributed by atoms with E-state index >= 15 is 0 Å². The van der Waals surface area contributed by atoms with Gasteiger partial charge in [-0.1, -0.05) is 17.7 Å². The van der Waals surface area contributed by atoms with E-state index in [-0.39, 0.29) is 6.04 Å². The number of halogens is 4. The van der Waals surface area contributed by atoms with Gasteiger partial charge in [0.25, 0.3) is 0 Å². The highest BCUT2D eigenvalue weighted by Crippen LogP contribution is 2.34. The van der Waals surface area contributed by atoms with Crippen LogP contribution in [-0.2, 0) is 6.18 Å². The first-order chi connectivity index (χ1) is 9.27. The minimum atomic E-state index is -4.33. The standard InChI is InChI=1S/C14H13ClF3NS/c1-8-3-4-11(14(16,17)18)6-12(8)19-9(2)10-5-13(15)20-7-10/h3-7,9,19H,1-2H3. The van der Waals surface area contributed by atoms with Crippen molar-refractivity contribution in [3.63, 3.8) is 0 Å². The lowest BCUT2D eigenvalue weighted by molar-refractivity contribution is -0.137. The lowest BCUT2D eigenvalue weighted by Crippen LogP contribution is -2.10. The largest absolute Gasteiger partial charge is 0.416 e. The number of hydrogen-bond acceptors (Lipinski definition) is 2. The van der Waals surface area contributed by atoms with Gasteiger partial charge in [-0.15, -0.1) is 11.3 Å². The molecule has 0 aliphatic heterocycles. The molecule has 1 nitrogen and oxygen atoms in total. The van der Waals surface area contributed by atoms with Crippen LogP contribution in [0.15, 0.2) is 29.6 Å². The predicted octanol–water partition coefficient (Wildman–Crippen LogP) is 5.90. The molecule has 1 N–H and O–H groups in total. The maximum atomic E-state index is 12.7. The summed E-state index contributed by atoms with van der Waals surface area (Å²) in [5, 5.41) is 4.99. The SMILES string of the molecule is Cc1ccc(C(F)(F)F)cc1NC(C)c1csc(Cl)c1. The summed E-state index contributed by atoms with van der Waals surface area (Å²) in [6.07, 6.45) is -4.33. The molecule has 0 fully saturated rings. The third kappa shape index (κ3) is 3.46. The summed E-state index contributed by atoms with van der Waals surface area (Å²) in [4.78, 5) is 0. The Balaban J connectivity index is 2.24. The quantitative estimate of drug-likeness (QED) is 0.742. The van der Waals surface area contributed by atoms with Gasteiger partial charge in [0.15, 0.2) is 0 Å². The first kappa shape index (κ1) is 15.2. The van der Waals surface area contributed by atoms with Crippen molar-refractivity contribution in [1.29, 1.82) is 0 Å². The highest BCUT2D eigenvalue weighted by molar-refractivity contribution is 7.14. The normalized spacial score (nSPS) is 13.3. The third-order valence-electron chi connectivity index (χ3n) is 3.02. The summed E-state index contributed by atoms with van der Waals surface area (Å²) in [5.74, 6) is 0. The second kappa shape index (κ2) is 5.66. The van der Waals surface area contributed by atoms with Gasteiger partial charge in [0.1, 0.15) is 0 Å². The molecule has 0 radical (unpaired) electrons. The lowest BCUT2D eigenvalue weighted by atomic mass is 10.1. The van der Waals surface area contributed by atoms with E-state index in [1.165, 1.54) is 17.4 Å². The molecule has 20 heavy (non-hydrogen) atoms. The molecule has 1 atom stereocenters. The lowest BCUT2D eigenvalue weighted by Gasteiger charge is -2.18. The number of aryl methyl sites for hydroxylation is 1. The van der Waals surface area contributed by atoms with Gasteiger partial charge in [0.05, 0.1) is 9.90 Å². The molecule has 6 heteroatoms. The average Bonchev–Trinajstić information content (AvgIpc) is 2.77. The molecule has 0 aliphatic carbocycles. The molecule has 0 saturated carbocycles. The first-order valence-electron chi connectivity index (χ1n) is 5.95. The van der Waals surface area contributed by atoms with Gasteiger partial charge in [-0.2, -0.15) is 13.2 Å². The number of benzene rings is 1. The van der Waals surface area contributed by atoms with E-state index in [4.69, 9.17) is 11.6 Å². The van der Waals surface area contributed by atoms with E-state index in [2.05, 4.69) is 5.32 Å². The summed E-state index contributed by atoms with van der Waals surface area (Å²) in [7, 11) is 0. The molecule has 108 valence electrons. The van der Waals surface area contributed by atoms with Crippen LogP contribution in [0.5, 0.6) is 0 Å². The van der Waals surface area contributed by atoms with Crippen molar-refractivity contribution in [1.82, 2.24) is 0 Å². The minimum absolute atomic E-state index is 0.110. The zero-order chi connectivity index (χ0) is 14.9. The van der Waals surface area contributed by atoms with Crippen LogP contribution in [0.1, 0.15) is 29.7 Å². The average molecular weight is 320 g/mol. The fraction of sp³-hybridized carbons (Fsp3) is 0.286. The van der Waals surface area contributed by atoms with Crippen LogP contribution in [0.25, 0.3) is 0 Å². The summed E-state index contributed by atoms with van der Waals surface area (Å²) in [6.45, 7) is 3.66. The molecular formula is C14H13ClF3NS. The van der Waals surface area contributed by atoms with Crippen LogP contribution in [0, 0.1) is 6.92 Å². The van der Waals surface area contributed by atoms with Crippen LogP contribution in [0.4, 0.5) is 18.9 Å². The molecule has 2 aromatic rings. The fourth-order valence-corrected chi connectivity index (χ4v) is 2.81.